The molecule has 0 fully saturated rings. The minimum absolute atomic E-state index is 0.0632. The molecule has 0 amide bonds. The van der Waals surface area contributed by atoms with E-state index in [1.165, 1.54) is 0 Å². The summed E-state index contributed by atoms with van der Waals surface area (Å²) in [4.78, 5) is 0. The summed E-state index contributed by atoms with van der Waals surface area (Å²) in [5, 5.41) is 10.2. The molecule has 0 aliphatic carbocycles. The molecule has 0 atom stereocenters. The van der Waals surface area contributed by atoms with Crippen LogP contribution in [0, 0.1) is 6.92 Å². The van der Waals surface area contributed by atoms with Crippen LogP contribution in [0.1, 0.15) is 36.5 Å². The molecule has 2 nitrogen and oxygen atoms in total. The fourth-order valence-corrected chi connectivity index (χ4v) is 2.87. The molecule has 0 aliphatic rings. The minimum atomic E-state index is -0.0632. The Kier molecular flexibility index (Phi) is 5.31. The Morgan fingerprint density at radius 3 is 2.52 bits per heavy atom. The lowest BCUT2D eigenvalue weighted by Crippen LogP contribution is -1.96. The van der Waals surface area contributed by atoms with E-state index in [9.17, 15) is 5.11 Å². The van der Waals surface area contributed by atoms with Crippen molar-refractivity contribution in [2.45, 2.75) is 33.3 Å². The van der Waals surface area contributed by atoms with Crippen molar-refractivity contribution < 1.29 is 9.84 Å². The van der Waals surface area contributed by atoms with E-state index in [4.69, 9.17) is 16.3 Å². The molecule has 0 unspecified atom stereocenters. The van der Waals surface area contributed by atoms with Crippen LogP contribution >= 0.6 is 27.5 Å². The van der Waals surface area contributed by atoms with Gasteiger partial charge in [0.2, 0.25) is 0 Å². The van der Waals surface area contributed by atoms with Crippen molar-refractivity contribution in [3.05, 3.63) is 56.5 Å². The molecule has 0 saturated carbocycles. The molecule has 1 N–H and O–H groups in total. The smallest absolute Gasteiger partial charge is 0.134 e. The first-order chi connectivity index (χ1) is 9.92. The fourth-order valence-electron chi connectivity index (χ4n) is 2.09. The van der Waals surface area contributed by atoms with Gasteiger partial charge in [-0.15, -0.1) is 0 Å². The SMILES string of the molecule is Cc1cc(Cl)c(C(C)C)cc1Oc1cc(Br)ccc1CO. The molecule has 21 heavy (non-hydrogen) atoms. The van der Waals surface area contributed by atoms with Gasteiger partial charge in [-0.2, -0.15) is 0 Å². The Hall–Kier alpha value is -1.03. The quantitative estimate of drug-likeness (QED) is 0.736. The van der Waals surface area contributed by atoms with E-state index in [-0.39, 0.29) is 6.61 Å². The number of ether oxygens (including phenoxy) is 1. The highest BCUT2D eigenvalue weighted by Gasteiger charge is 2.12. The first-order valence-electron chi connectivity index (χ1n) is 6.79. The second-order valence-electron chi connectivity index (χ2n) is 5.31. The molecule has 2 rings (SSSR count). The monoisotopic (exact) mass is 368 g/mol. The average molecular weight is 370 g/mol. The standard InChI is InChI=1S/C17H18BrClO2/c1-10(2)14-8-16(11(3)6-15(14)19)21-17-7-13(18)5-4-12(17)9-20/h4-8,10,20H,9H2,1-3H3. The number of aliphatic hydroxyl groups excluding tert-OH is 1. The Bertz CT molecular complexity index is 653. The van der Waals surface area contributed by atoms with E-state index < -0.39 is 0 Å². The molecule has 0 radical (unpaired) electrons. The van der Waals surface area contributed by atoms with Crippen LogP contribution in [0.4, 0.5) is 0 Å². The molecule has 4 heteroatoms. The van der Waals surface area contributed by atoms with Gasteiger partial charge in [-0.1, -0.05) is 47.4 Å². The molecule has 0 spiro atoms. The van der Waals surface area contributed by atoms with Crippen LogP contribution in [-0.4, -0.2) is 5.11 Å². The number of hydrogen-bond donors (Lipinski definition) is 1. The van der Waals surface area contributed by atoms with Crippen molar-refractivity contribution in [3.63, 3.8) is 0 Å². The molecule has 0 aliphatic heterocycles. The van der Waals surface area contributed by atoms with Crippen LogP contribution in [0.15, 0.2) is 34.8 Å². The largest absolute Gasteiger partial charge is 0.457 e. The number of benzene rings is 2. The van der Waals surface area contributed by atoms with Crippen LogP contribution in [0.2, 0.25) is 5.02 Å². The lowest BCUT2D eigenvalue weighted by atomic mass is 10.0. The maximum atomic E-state index is 9.43. The molecular weight excluding hydrogens is 352 g/mol. The predicted octanol–water partition coefficient (Wildman–Crippen LogP) is 5.82. The van der Waals surface area contributed by atoms with Gasteiger partial charge < -0.3 is 9.84 Å². The summed E-state index contributed by atoms with van der Waals surface area (Å²) in [6.45, 7) is 6.09. The summed E-state index contributed by atoms with van der Waals surface area (Å²) in [6, 6.07) is 9.47. The Morgan fingerprint density at radius 2 is 1.90 bits per heavy atom. The zero-order valence-electron chi connectivity index (χ0n) is 12.3. The van der Waals surface area contributed by atoms with Crippen LogP contribution in [-0.2, 0) is 6.61 Å². The molecule has 0 bridgehead atoms. The summed E-state index contributed by atoms with van der Waals surface area (Å²) in [5.41, 5.74) is 2.77. The second kappa shape index (κ2) is 6.82. The summed E-state index contributed by atoms with van der Waals surface area (Å²) in [6.07, 6.45) is 0. The molecule has 2 aromatic carbocycles. The average Bonchev–Trinajstić information content (AvgIpc) is 2.41. The zero-order chi connectivity index (χ0) is 15.6. The van der Waals surface area contributed by atoms with E-state index in [2.05, 4.69) is 29.8 Å². The third kappa shape index (κ3) is 3.79. The molecule has 2 aromatic rings. The van der Waals surface area contributed by atoms with Gasteiger partial charge in [0.15, 0.2) is 0 Å². The molecular formula is C17H18BrClO2. The Labute approximate surface area is 138 Å². The zero-order valence-corrected chi connectivity index (χ0v) is 14.6. The van der Waals surface area contributed by atoms with Gasteiger partial charge in [-0.25, -0.2) is 0 Å². The number of aryl methyl sites for hydroxylation is 1. The number of rotatable bonds is 4. The predicted molar refractivity (Wildman–Crippen MR) is 90.4 cm³/mol. The number of hydrogen-bond acceptors (Lipinski definition) is 2. The normalized spacial score (nSPS) is 11.0. The van der Waals surface area contributed by atoms with Gasteiger partial charge in [-0.3, -0.25) is 0 Å². The summed E-state index contributed by atoms with van der Waals surface area (Å²) in [7, 11) is 0. The van der Waals surface area contributed by atoms with Gasteiger partial charge >= 0.3 is 0 Å². The third-order valence-electron chi connectivity index (χ3n) is 3.34. The highest BCUT2D eigenvalue weighted by molar-refractivity contribution is 9.10. The van der Waals surface area contributed by atoms with E-state index in [1.54, 1.807) is 0 Å². The maximum Gasteiger partial charge on any atom is 0.134 e. The summed E-state index contributed by atoms with van der Waals surface area (Å²) in [5.74, 6) is 1.73. The minimum Gasteiger partial charge on any atom is -0.457 e. The van der Waals surface area contributed by atoms with Crippen LogP contribution in [0.25, 0.3) is 0 Å². The maximum absolute atomic E-state index is 9.43. The van der Waals surface area contributed by atoms with Gasteiger partial charge in [0, 0.05) is 15.1 Å². The van der Waals surface area contributed by atoms with E-state index in [1.807, 2.05) is 37.3 Å². The molecule has 0 heterocycles. The van der Waals surface area contributed by atoms with Crippen molar-refractivity contribution in [1.82, 2.24) is 0 Å². The summed E-state index contributed by atoms with van der Waals surface area (Å²) < 4.78 is 6.92. The lowest BCUT2D eigenvalue weighted by molar-refractivity contribution is 0.276. The van der Waals surface area contributed by atoms with E-state index in [0.29, 0.717) is 11.7 Å². The fraction of sp³-hybridized carbons (Fsp3) is 0.294. The Balaban J connectivity index is 2.44. The van der Waals surface area contributed by atoms with Crippen molar-refractivity contribution in [1.29, 1.82) is 0 Å². The highest BCUT2D eigenvalue weighted by atomic mass is 79.9. The topological polar surface area (TPSA) is 29.5 Å². The Morgan fingerprint density at radius 1 is 1.19 bits per heavy atom. The second-order valence-corrected chi connectivity index (χ2v) is 6.63. The van der Waals surface area contributed by atoms with Crippen molar-refractivity contribution >= 4 is 27.5 Å². The van der Waals surface area contributed by atoms with E-state index >= 15 is 0 Å². The first-order valence-corrected chi connectivity index (χ1v) is 7.96. The molecule has 112 valence electrons. The first kappa shape index (κ1) is 16.3. The van der Waals surface area contributed by atoms with Crippen LogP contribution < -0.4 is 4.74 Å². The van der Waals surface area contributed by atoms with Crippen LogP contribution in [0.5, 0.6) is 11.5 Å². The van der Waals surface area contributed by atoms with Crippen molar-refractivity contribution in [2.75, 3.05) is 0 Å². The van der Waals surface area contributed by atoms with Crippen molar-refractivity contribution in [2.24, 2.45) is 0 Å². The van der Waals surface area contributed by atoms with Gasteiger partial charge in [0.1, 0.15) is 11.5 Å². The van der Waals surface area contributed by atoms with Gasteiger partial charge in [-0.05, 0) is 48.2 Å². The third-order valence-corrected chi connectivity index (χ3v) is 4.16. The molecule has 0 saturated heterocycles. The number of aliphatic hydroxyl groups is 1. The van der Waals surface area contributed by atoms with Gasteiger partial charge in [0.05, 0.1) is 6.61 Å². The van der Waals surface area contributed by atoms with Gasteiger partial charge in [0.25, 0.3) is 0 Å². The molecule has 0 aromatic heterocycles. The summed E-state index contributed by atoms with van der Waals surface area (Å²) >= 11 is 9.70. The number of halogens is 2. The highest BCUT2D eigenvalue weighted by Crippen LogP contribution is 2.35. The van der Waals surface area contributed by atoms with Crippen LogP contribution in [0.3, 0.4) is 0 Å². The van der Waals surface area contributed by atoms with Crippen molar-refractivity contribution in [3.8, 4) is 11.5 Å². The lowest BCUT2D eigenvalue weighted by Gasteiger charge is -2.16. The van der Waals surface area contributed by atoms with E-state index in [0.717, 1.165) is 31.9 Å².